The quantitative estimate of drug-likeness (QED) is 0.904. The van der Waals surface area contributed by atoms with E-state index in [9.17, 15) is 0 Å². The SMILES string of the molecule is COc1c(C)c(C)c(C2(N)CC2)c(C)c1Br. The zero-order valence-electron chi connectivity index (χ0n) is 10.3. The molecule has 0 bridgehead atoms. The van der Waals surface area contributed by atoms with Gasteiger partial charge in [0.2, 0.25) is 0 Å². The molecule has 16 heavy (non-hydrogen) atoms. The lowest BCUT2D eigenvalue weighted by molar-refractivity contribution is 0.407. The molecule has 2 nitrogen and oxygen atoms in total. The van der Waals surface area contributed by atoms with Crippen LogP contribution in [0.2, 0.25) is 0 Å². The van der Waals surface area contributed by atoms with Gasteiger partial charge >= 0.3 is 0 Å². The van der Waals surface area contributed by atoms with E-state index < -0.39 is 0 Å². The van der Waals surface area contributed by atoms with Gasteiger partial charge in [-0.3, -0.25) is 0 Å². The average molecular weight is 284 g/mol. The normalized spacial score (nSPS) is 17.4. The van der Waals surface area contributed by atoms with Crippen LogP contribution in [0.25, 0.3) is 0 Å². The first kappa shape index (κ1) is 11.9. The maximum Gasteiger partial charge on any atom is 0.136 e. The number of ether oxygens (including phenoxy) is 1. The summed E-state index contributed by atoms with van der Waals surface area (Å²) in [7, 11) is 1.71. The van der Waals surface area contributed by atoms with E-state index >= 15 is 0 Å². The average Bonchev–Trinajstić information content (AvgIpc) is 2.95. The number of hydrogen-bond acceptors (Lipinski definition) is 2. The lowest BCUT2D eigenvalue weighted by atomic mass is 9.91. The molecule has 1 aromatic carbocycles. The first-order valence-electron chi connectivity index (χ1n) is 5.55. The number of methoxy groups -OCH3 is 1. The van der Waals surface area contributed by atoms with Crippen molar-refractivity contribution in [3.63, 3.8) is 0 Å². The van der Waals surface area contributed by atoms with Crippen LogP contribution in [0.5, 0.6) is 5.75 Å². The maximum atomic E-state index is 6.34. The number of benzene rings is 1. The molecule has 1 aromatic rings. The van der Waals surface area contributed by atoms with E-state index in [1.165, 1.54) is 22.3 Å². The van der Waals surface area contributed by atoms with Crippen LogP contribution in [0.4, 0.5) is 0 Å². The van der Waals surface area contributed by atoms with E-state index in [4.69, 9.17) is 10.5 Å². The highest BCUT2D eigenvalue weighted by Crippen LogP contribution is 2.49. The fraction of sp³-hybridized carbons (Fsp3) is 0.538. The fourth-order valence-electron chi connectivity index (χ4n) is 2.46. The van der Waals surface area contributed by atoms with E-state index in [1.54, 1.807) is 7.11 Å². The molecule has 2 N–H and O–H groups in total. The number of hydrogen-bond donors (Lipinski definition) is 1. The highest BCUT2D eigenvalue weighted by Gasteiger charge is 2.43. The number of nitrogens with two attached hydrogens (primary N) is 1. The summed E-state index contributed by atoms with van der Waals surface area (Å²) in [5.41, 5.74) is 11.2. The van der Waals surface area contributed by atoms with Gasteiger partial charge < -0.3 is 10.5 Å². The van der Waals surface area contributed by atoms with Crippen LogP contribution in [0.3, 0.4) is 0 Å². The second kappa shape index (κ2) is 3.74. The third-order valence-corrected chi connectivity index (χ3v) is 4.63. The molecular formula is C13H18BrNO. The van der Waals surface area contributed by atoms with Crippen LogP contribution in [0.15, 0.2) is 4.47 Å². The molecule has 0 heterocycles. The topological polar surface area (TPSA) is 35.2 Å². The first-order valence-corrected chi connectivity index (χ1v) is 6.34. The van der Waals surface area contributed by atoms with Crippen molar-refractivity contribution < 1.29 is 4.74 Å². The van der Waals surface area contributed by atoms with E-state index in [-0.39, 0.29) is 5.54 Å². The molecule has 1 saturated carbocycles. The standard InChI is InChI=1S/C13H18BrNO/c1-7-8(2)12(16-4)11(14)9(3)10(7)13(15)5-6-13/h5-6,15H2,1-4H3. The van der Waals surface area contributed by atoms with Gasteiger partial charge in [0, 0.05) is 5.54 Å². The van der Waals surface area contributed by atoms with Gasteiger partial charge in [0.05, 0.1) is 11.6 Å². The van der Waals surface area contributed by atoms with Gasteiger partial charge in [0.25, 0.3) is 0 Å². The third-order valence-electron chi connectivity index (χ3n) is 3.67. The Bertz CT molecular complexity index is 421. The molecule has 0 aliphatic heterocycles. The summed E-state index contributed by atoms with van der Waals surface area (Å²) >= 11 is 3.62. The Morgan fingerprint density at radius 1 is 1.12 bits per heavy atom. The fourth-order valence-corrected chi connectivity index (χ4v) is 3.12. The minimum absolute atomic E-state index is 0.0896. The second-order valence-corrected chi connectivity index (χ2v) is 5.55. The molecule has 3 heteroatoms. The van der Waals surface area contributed by atoms with E-state index in [2.05, 4.69) is 36.7 Å². The summed E-state index contributed by atoms with van der Waals surface area (Å²) in [5.74, 6) is 0.933. The molecule has 1 aliphatic carbocycles. The predicted molar refractivity (Wildman–Crippen MR) is 70.0 cm³/mol. The maximum absolute atomic E-state index is 6.34. The number of rotatable bonds is 2. The molecule has 0 aromatic heterocycles. The molecule has 0 spiro atoms. The summed E-state index contributed by atoms with van der Waals surface area (Å²) < 4.78 is 6.48. The highest BCUT2D eigenvalue weighted by atomic mass is 79.9. The number of halogens is 1. The summed E-state index contributed by atoms with van der Waals surface area (Å²) in [5, 5.41) is 0. The van der Waals surface area contributed by atoms with Crippen molar-refractivity contribution in [2.24, 2.45) is 5.73 Å². The summed E-state index contributed by atoms with van der Waals surface area (Å²) in [6.07, 6.45) is 2.18. The lowest BCUT2D eigenvalue weighted by Crippen LogP contribution is -2.22. The van der Waals surface area contributed by atoms with E-state index in [1.807, 2.05) is 0 Å². The Kier molecular flexibility index (Phi) is 2.79. The van der Waals surface area contributed by atoms with Crippen molar-refractivity contribution in [3.8, 4) is 5.75 Å². The van der Waals surface area contributed by atoms with Crippen LogP contribution < -0.4 is 10.5 Å². The van der Waals surface area contributed by atoms with E-state index in [0.29, 0.717) is 0 Å². The minimum atomic E-state index is -0.0896. The zero-order chi connectivity index (χ0) is 12.1. The smallest absolute Gasteiger partial charge is 0.136 e. The van der Waals surface area contributed by atoms with Gasteiger partial charge in [-0.2, -0.15) is 0 Å². The largest absolute Gasteiger partial charge is 0.495 e. The molecule has 2 rings (SSSR count). The van der Waals surface area contributed by atoms with Crippen molar-refractivity contribution >= 4 is 15.9 Å². The summed E-state index contributed by atoms with van der Waals surface area (Å²) in [6.45, 7) is 6.34. The van der Waals surface area contributed by atoms with E-state index in [0.717, 1.165) is 23.1 Å². The monoisotopic (exact) mass is 283 g/mol. The predicted octanol–water partition coefficient (Wildman–Crippen LogP) is 3.33. The molecule has 0 unspecified atom stereocenters. The van der Waals surface area contributed by atoms with Crippen molar-refractivity contribution in [2.75, 3.05) is 7.11 Å². The summed E-state index contributed by atoms with van der Waals surface area (Å²) in [6, 6.07) is 0. The Morgan fingerprint density at radius 2 is 1.69 bits per heavy atom. The first-order chi connectivity index (χ1) is 7.42. The van der Waals surface area contributed by atoms with Gasteiger partial charge in [-0.05, 0) is 71.8 Å². The second-order valence-electron chi connectivity index (χ2n) is 4.75. The Hall–Kier alpha value is -0.540. The molecule has 1 fully saturated rings. The van der Waals surface area contributed by atoms with Gasteiger partial charge in [0.1, 0.15) is 5.75 Å². The molecule has 88 valence electrons. The van der Waals surface area contributed by atoms with Crippen LogP contribution in [-0.2, 0) is 5.54 Å². The Labute approximate surface area is 105 Å². The molecule has 0 saturated heterocycles. The lowest BCUT2D eigenvalue weighted by Gasteiger charge is -2.22. The Morgan fingerprint density at radius 3 is 2.12 bits per heavy atom. The van der Waals surface area contributed by atoms with Gasteiger partial charge in [0.15, 0.2) is 0 Å². The van der Waals surface area contributed by atoms with Gasteiger partial charge in [-0.25, -0.2) is 0 Å². The zero-order valence-corrected chi connectivity index (χ0v) is 11.9. The molecule has 0 amide bonds. The summed E-state index contributed by atoms with van der Waals surface area (Å²) in [4.78, 5) is 0. The van der Waals surface area contributed by atoms with Crippen molar-refractivity contribution in [1.82, 2.24) is 0 Å². The van der Waals surface area contributed by atoms with Crippen LogP contribution >= 0.6 is 15.9 Å². The van der Waals surface area contributed by atoms with Crippen LogP contribution in [0.1, 0.15) is 35.1 Å². The van der Waals surface area contributed by atoms with Crippen molar-refractivity contribution in [2.45, 2.75) is 39.2 Å². The third kappa shape index (κ3) is 1.57. The highest BCUT2D eigenvalue weighted by molar-refractivity contribution is 9.10. The van der Waals surface area contributed by atoms with Crippen molar-refractivity contribution in [1.29, 1.82) is 0 Å². The molecule has 1 aliphatic rings. The van der Waals surface area contributed by atoms with Gasteiger partial charge in [-0.15, -0.1) is 0 Å². The van der Waals surface area contributed by atoms with Crippen molar-refractivity contribution in [3.05, 3.63) is 26.7 Å². The molecular weight excluding hydrogens is 266 g/mol. The van der Waals surface area contributed by atoms with Crippen LogP contribution in [0, 0.1) is 20.8 Å². The Balaban J connectivity index is 2.72. The molecule has 0 radical (unpaired) electrons. The van der Waals surface area contributed by atoms with Gasteiger partial charge in [-0.1, -0.05) is 0 Å². The van der Waals surface area contributed by atoms with Crippen LogP contribution in [-0.4, -0.2) is 7.11 Å². The minimum Gasteiger partial charge on any atom is -0.495 e. The molecule has 0 atom stereocenters.